The highest BCUT2D eigenvalue weighted by Gasteiger charge is 2.43. The van der Waals surface area contributed by atoms with Gasteiger partial charge in [0, 0.05) is 17.1 Å². The first-order chi connectivity index (χ1) is 13.7. The molecule has 0 saturated carbocycles. The van der Waals surface area contributed by atoms with Gasteiger partial charge >= 0.3 is 13.3 Å². The van der Waals surface area contributed by atoms with Gasteiger partial charge in [-0.25, -0.2) is 8.42 Å². The molecule has 1 unspecified atom stereocenters. The molecule has 4 N–H and O–H groups in total. The van der Waals surface area contributed by atoms with Crippen LogP contribution in [0.3, 0.4) is 0 Å². The molecule has 13 heteroatoms. The highest BCUT2D eigenvalue weighted by Crippen LogP contribution is 2.34. The third-order valence-corrected chi connectivity index (χ3v) is 9.01. The molecule has 172 valence electrons. The Labute approximate surface area is 185 Å². The molecular weight excluding hydrogens is 539 g/mol. The predicted molar refractivity (Wildman–Crippen MR) is 120 cm³/mol. The Morgan fingerprint density at radius 3 is 2.53 bits per heavy atom. The first kappa shape index (κ1) is 27.1. The number of allylic oxidation sites excluding steroid dienone is 4. The number of nitrogens with two attached hydrogens (primary N) is 1. The molecule has 0 bridgehead atoms. The molecule has 1 aliphatic heterocycles. The Hall–Kier alpha value is -0.895. The van der Waals surface area contributed by atoms with E-state index in [-0.39, 0.29) is 15.6 Å². The van der Waals surface area contributed by atoms with Gasteiger partial charge in [0.25, 0.3) is 10.0 Å². The molecule has 1 aliphatic rings. The summed E-state index contributed by atoms with van der Waals surface area (Å²) in [6.07, 6.45) is -1.69. The molecule has 30 heavy (non-hydrogen) atoms. The van der Waals surface area contributed by atoms with Crippen molar-refractivity contribution in [2.45, 2.75) is 52.0 Å². The number of hydrogen-bond donors (Lipinski definition) is 3. The lowest BCUT2D eigenvalue weighted by molar-refractivity contribution is -0.0551. The zero-order valence-electron chi connectivity index (χ0n) is 17.4. The van der Waals surface area contributed by atoms with E-state index >= 15 is 0 Å². The molecule has 1 atom stereocenters. The zero-order valence-corrected chi connectivity index (χ0v) is 20.4. The summed E-state index contributed by atoms with van der Waals surface area (Å²) in [5.74, 6) is 0. The van der Waals surface area contributed by atoms with E-state index in [9.17, 15) is 26.6 Å². The van der Waals surface area contributed by atoms with Crippen LogP contribution in [0.2, 0.25) is 0 Å². The number of halogens is 4. The van der Waals surface area contributed by atoms with Crippen molar-refractivity contribution < 1.29 is 36.0 Å². The summed E-state index contributed by atoms with van der Waals surface area (Å²) in [6.45, 7) is 6.85. The average Bonchev–Trinajstić information content (AvgIpc) is 3.15. The highest BCUT2D eigenvalue weighted by atomic mass is 127. The van der Waals surface area contributed by atoms with Crippen molar-refractivity contribution in [2.75, 3.05) is 11.5 Å². The second kappa shape index (κ2) is 10.6. The molecule has 7 nitrogen and oxygen atoms in total. The Morgan fingerprint density at radius 2 is 2.07 bits per heavy atom. The molecule has 0 fully saturated rings. The molecule has 0 amide bonds. The number of nitrogens with one attached hydrogen (secondary N) is 1. The number of hydrogen-bond acceptors (Lipinski definition) is 6. The summed E-state index contributed by atoms with van der Waals surface area (Å²) >= 11 is -1.48. The molecule has 1 heterocycles. The number of rotatable bonds is 10. The quantitative estimate of drug-likeness (QED) is 0.162. The molecule has 1 rings (SSSR count). The summed E-state index contributed by atoms with van der Waals surface area (Å²) in [5, 5.41) is 10.3. The third-order valence-electron chi connectivity index (χ3n) is 4.35. The van der Waals surface area contributed by atoms with E-state index < -0.39 is 64.2 Å². The average molecular weight is 566 g/mol. The SMILES string of the molecule is CCC(C)(C)OB(O)C(=C/N)/C=C(/NS(=O)(=O)C1=CCI=C1C(F)(F)F)C(C)OC. The van der Waals surface area contributed by atoms with Gasteiger partial charge in [-0.05, 0) is 44.9 Å². The molecule has 0 aromatic rings. The van der Waals surface area contributed by atoms with Crippen LogP contribution in [-0.4, -0.2) is 53.5 Å². The van der Waals surface area contributed by atoms with Crippen molar-refractivity contribution in [2.24, 2.45) is 5.73 Å². The van der Waals surface area contributed by atoms with Gasteiger partial charge in [-0.1, -0.05) is 13.0 Å². The van der Waals surface area contributed by atoms with Crippen molar-refractivity contribution >= 4 is 41.4 Å². The second-order valence-corrected chi connectivity index (χ2v) is 11.4. The van der Waals surface area contributed by atoms with Gasteiger partial charge in [-0.15, -0.1) is 20.7 Å². The highest BCUT2D eigenvalue weighted by molar-refractivity contribution is 14.2. The van der Waals surface area contributed by atoms with E-state index in [4.69, 9.17) is 15.1 Å². The fourth-order valence-corrected chi connectivity index (χ4v) is 7.15. The second-order valence-electron chi connectivity index (χ2n) is 7.00. The van der Waals surface area contributed by atoms with Crippen LogP contribution in [0.4, 0.5) is 13.2 Å². The Kier molecular flexibility index (Phi) is 9.60. The van der Waals surface area contributed by atoms with Gasteiger partial charge in [0.15, 0.2) is 0 Å². The normalized spacial score (nSPS) is 17.8. The Morgan fingerprint density at radius 1 is 1.47 bits per heavy atom. The minimum atomic E-state index is -4.71. The molecule has 0 aromatic heterocycles. The van der Waals surface area contributed by atoms with Gasteiger partial charge in [0.05, 0.1) is 11.8 Å². The van der Waals surface area contributed by atoms with Crippen LogP contribution < -0.4 is 10.5 Å². The lowest BCUT2D eigenvalue weighted by Crippen LogP contribution is -2.37. The van der Waals surface area contributed by atoms with Gasteiger partial charge in [-0.2, -0.15) is 13.2 Å². The van der Waals surface area contributed by atoms with E-state index in [1.807, 2.05) is 6.92 Å². The lowest BCUT2D eigenvalue weighted by atomic mass is 9.77. The van der Waals surface area contributed by atoms with Gasteiger partial charge in [-0.3, -0.25) is 4.72 Å². The van der Waals surface area contributed by atoms with E-state index in [1.54, 1.807) is 13.8 Å². The van der Waals surface area contributed by atoms with Crippen molar-refractivity contribution in [3.05, 3.63) is 34.4 Å². The standard InChI is InChI=1S/C17H27BF3IN2O5S/c1-6-16(3,4)29-18(25)12(10-23)9-13(11(2)28-5)24-30(26,27)14-7-8-22-15(14)17(19,20)21/h7,9-11,24-25H,6,8,23H2,1-5H3/b12-10+,13-9+. The van der Waals surface area contributed by atoms with Crippen molar-refractivity contribution in [1.29, 1.82) is 0 Å². The van der Waals surface area contributed by atoms with E-state index in [1.165, 1.54) is 20.1 Å². The van der Waals surface area contributed by atoms with Crippen LogP contribution in [0.25, 0.3) is 0 Å². The molecule has 0 aliphatic carbocycles. The molecule has 0 aromatic carbocycles. The Bertz CT molecular complexity index is 854. The number of ether oxygens (including phenoxy) is 1. The minimum absolute atomic E-state index is 0.0194. The zero-order chi connectivity index (χ0) is 23.3. The fourth-order valence-electron chi connectivity index (χ4n) is 2.19. The summed E-state index contributed by atoms with van der Waals surface area (Å²) in [5.41, 5.74) is 4.79. The fraction of sp³-hybridized carbons (Fsp3) is 0.588. The van der Waals surface area contributed by atoms with Gasteiger partial charge in [0.1, 0.15) is 8.41 Å². The van der Waals surface area contributed by atoms with Gasteiger partial charge < -0.3 is 20.1 Å². The molecule has 0 saturated heterocycles. The molecule has 0 spiro atoms. The van der Waals surface area contributed by atoms with Crippen LogP contribution in [0.1, 0.15) is 34.1 Å². The minimum Gasteiger partial charge on any atom is -0.423 e. The van der Waals surface area contributed by atoms with Crippen LogP contribution in [0, 0.1) is 0 Å². The smallest absolute Gasteiger partial charge is 0.423 e. The van der Waals surface area contributed by atoms with E-state index in [2.05, 4.69) is 4.72 Å². The van der Waals surface area contributed by atoms with E-state index in [0.29, 0.717) is 6.42 Å². The van der Waals surface area contributed by atoms with Crippen molar-refractivity contribution in [1.82, 2.24) is 4.72 Å². The van der Waals surface area contributed by atoms with Crippen LogP contribution >= 0.6 is 20.7 Å². The summed E-state index contributed by atoms with van der Waals surface area (Å²) in [4.78, 5) is -0.765. The van der Waals surface area contributed by atoms with Crippen LogP contribution in [-0.2, 0) is 19.4 Å². The van der Waals surface area contributed by atoms with E-state index in [0.717, 1.165) is 12.3 Å². The first-order valence-corrected chi connectivity index (χ1v) is 13.1. The maximum atomic E-state index is 13.2. The van der Waals surface area contributed by atoms with Crippen molar-refractivity contribution in [3.63, 3.8) is 0 Å². The summed E-state index contributed by atoms with van der Waals surface area (Å²) in [7, 11) is -4.70. The number of sulfonamides is 1. The van der Waals surface area contributed by atoms with Crippen molar-refractivity contribution in [3.8, 4) is 0 Å². The maximum Gasteiger partial charge on any atom is 0.493 e. The van der Waals surface area contributed by atoms with Crippen LogP contribution in [0.5, 0.6) is 0 Å². The van der Waals surface area contributed by atoms with Gasteiger partial charge in [0.2, 0.25) is 0 Å². The summed E-state index contributed by atoms with van der Waals surface area (Å²) in [6, 6.07) is 0. The van der Waals surface area contributed by atoms with Crippen LogP contribution in [0.15, 0.2) is 34.4 Å². The summed E-state index contributed by atoms with van der Waals surface area (Å²) < 4.78 is 77.0. The molecular formula is C17H27BF3IN2O5S. The molecule has 0 radical (unpaired) electrons. The number of methoxy groups -OCH3 is 1. The lowest BCUT2D eigenvalue weighted by Gasteiger charge is -2.26. The monoisotopic (exact) mass is 566 g/mol. The third kappa shape index (κ3) is 7.36. The maximum absolute atomic E-state index is 13.2. The number of alkyl halides is 4. The topological polar surface area (TPSA) is 111 Å². The Balaban J connectivity index is 3.26. The predicted octanol–water partition coefficient (Wildman–Crippen LogP) is 2.50. The largest absolute Gasteiger partial charge is 0.493 e. The first-order valence-electron chi connectivity index (χ1n) is 8.97.